The molecule has 0 aliphatic rings. The van der Waals surface area contributed by atoms with Gasteiger partial charge in [0, 0.05) is 42.3 Å². The highest BCUT2D eigenvalue weighted by Crippen LogP contribution is 2.31. The summed E-state index contributed by atoms with van der Waals surface area (Å²) in [4.78, 5) is 37.7. The molecule has 45 heavy (non-hydrogen) atoms. The zero-order chi connectivity index (χ0) is 32.7. The monoisotopic (exact) mass is 622 g/mol. The second kappa shape index (κ2) is 14.4. The highest BCUT2D eigenvalue weighted by atomic mass is 19.2. The van der Waals surface area contributed by atoms with Gasteiger partial charge in [0.2, 0.25) is 11.7 Å². The molecular weight excluding hydrogens is 586 g/mol. The van der Waals surface area contributed by atoms with Gasteiger partial charge in [-0.2, -0.15) is 4.39 Å². The van der Waals surface area contributed by atoms with E-state index in [2.05, 4.69) is 30.9 Å². The molecule has 4 aromatic rings. The van der Waals surface area contributed by atoms with Crippen molar-refractivity contribution < 1.29 is 23.1 Å². The molecule has 15 heteroatoms. The first-order valence-corrected chi connectivity index (χ1v) is 14.1. The number of carbonyl (C=O) groups is 2. The SMILES string of the molecule is CCc1cc(Nc2nccn3c(-c4ccc(OC)c(F)c4F)cnc23)ccc1C(=O)NC[C@@H](C)CNC(=O)[C@H](N)CN=C(N)N. The summed E-state index contributed by atoms with van der Waals surface area (Å²) in [6.45, 7) is 4.40. The van der Waals surface area contributed by atoms with Gasteiger partial charge >= 0.3 is 0 Å². The van der Waals surface area contributed by atoms with Gasteiger partial charge < -0.3 is 37.9 Å². The van der Waals surface area contributed by atoms with Crippen LogP contribution in [0.2, 0.25) is 0 Å². The maximum Gasteiger partial charge on any atom is 0.251 e. The van der Waals surface area contributed by atoms with Crippen LogP contribution in [0.1, 0.15) is 29.8 Å². The fraction of sp³-hybridized carbons (Fsp3) is 0.300. The molecule has 0 saturated heterocycles. The summed E-state index contributed by atoms with van der Waals surface area (Å²) in [6.07, 6.45) is 5.13. The van der Waals surface area contributed by atoms with E-state index in [0.717, 1.165) is 5.56 Å². The molecule has 2 heterocycles. The van der Waals surface area contributed by atoms with Crippen molar-refractivity contribution in [3.8, 4) is 17.0 Å². The summed E-state index contributed by atoms with van der Waals surface area (Å²) in [6, 6.07) is 7.18. The number of rotatable bonds is 13. The predicted molar refractivity (Wildman–Crippen MR) is 167 cm³/mol. The Morgan fingerprint density at radius 3 is 2.56 bits per heavy atom. The van der Waals surface area contributed by atoms with E-state index in [-0.39, 0.29) is 35.6 Å². The van der Waals surface area contributed by atoms with Gasteiger partial charge in [-0.25, -0.2) is 14.4 Å². The van der Waals surface area contributed by atoms with Crippen LogP contribution in [0.4, 0.5) is 20.3 Å². The lowest BCUT2D eigenvalue weighted by Crippen LogP contribution is -2.45. The molecule has 13 nitrogen and oxygen atoms in total. The first kappa shape index (κ1) is 32.6. The fourth-order valence-electron chi connectivity index (χ4n) is 4.54. The third-order valence-electron chi connectivity index (χ3n) is 7.01. The molecule has 2 aromatic carbocycles. The van der Waals surface area contributed by atoms with Gasteiger partial charge in [0.25, 0.3) is 5.91 Å². The fourth-order valence-corrected chi connectivity index (χ4v) is 4.54. The van der Waals surface area contributed by atoms with Gasteiger partial charge in [-0.05, 0) is 48.2 Å². The molecule has 4 rings (SSSR count). The van der Waals surface area contributed by atoms with Crippen LogP contribution in [0.25, 0.3) is 16.9 Å². The predicted octanol–water partition coefficient (Wildman–Crippen LogP) is 2.07. The summed E-state index contributed by atoms with van der Waals surface area (Å²) >= 11 is 0. The van der Waals surface area contributed by atoms with Crippen molar-refractivity contribution in [3.63, 3.8) is 0 Å². The maximum atomic E-state index is 14.8. The maximum absolute atomic E-state index is 14.8. The van der Waals surface area contributed by atoms with Crippen molar-refractivity contribution in [1.82, 2.24) is 25.0 Å². The number of carbonyl (C=O) groups excluding carboxylic acids is 2. The Labute approximate surface area is 258 Å². The van der Waals surface area contributed by atoms with Crippen molar-refractivity contribution in [1.29, 1.82) is 0 Å². The van der Waals surface area contributed by atoms with Gasteiger partial charge in [-0.15, -0.1) is 0 Å². The number of imidazole rings is 1. The quantitative estimate of drug-likeness (QED) is 0.0954. The molecule has 2 atom stereocenters. The average Bonchev–Trinajstić information content (AvgIpc) is 3.47. The van der Waals surface area contributed by atoms with Crippen molar-refractivity contribution >= 4 is 34.9 Å². The summed E-state index contributed by atoms with van der Waals surface area (Å²) in [5, 5.41) is 8.85. The van der Waals surface area contributed by atoms with Crippen LogP contribution in [0, 0.1) is 17.6 Å². The molecule has 0 bridgehead atoms. The van der Waals surface area contributed by atoms with E-state index in [1.165, 1.54) is 31.6 Å². The van der Waals surface area contributed by atoms with Gasteiger partial charge in [-0.1, -0.05) is 13.8 Å². The third-order valence-corrected chi connectivity index (χ3v) is 7.01. The minimum Gasteiger partial charge on any atom is -0.494 e. The molecular formula is C30H36F2N10O3. The first-order chi connectivity index (χ1) is 21.5. The van der Waals surface area contributed by atoms with Gasteiger partial charge in [-0.3, -0.25) is 19.0 Å². The second-order valence-electron chi connectivity index (χ2n) is 10.3. The van der Waals surface area contributed by atoms with Gasteiger partial charge in [0.05, 0.1) is 25.5 Å². The van der Waals surface area contributed by atoms with Crippen LogP contribution in [0.5, 0.6) is 5.75 Å². The van der Waals surface area contributed by atoms with Gasteiger partial charge in [0.1, 0.15) is 6.04 Å². The molecule has 238 valence electrons. The summed E-state index contributed by atoms with van der Waals surface area (Å²) in [5.74, 6) is -2.83. The topological polar surface area (TPSA) is 200 Å². The Bertz CT molecular complexity index is 1720. The van der Waals surface area contributed by atoms with Crippen molar-refractivity contribution in [2.75, 3.05) is 32.1 Å². The number of anilines is 2. The Kier molecular flexibility index (Phi) is 10.5. The van der Waals surface area contributed by atoms with E-state index in [0.29, 0.717) is 47.9 Å². The number of nitrogens with two attached hydrogens (primary N) is 3. The number of aryl methyl sites for hydroxylation is 1. The molecule has 2 aromatic heterocycles. The number of ether oxygens (including phenoxy) is 1. The number of benzene rings is 2. The minimum atomic E-state index is -1.09. The highest BCUT2D eigenvalue weighted by Gasteiger charge is 2.20. The van der Waals surface area contributed by atoms with E-state index in [9.17, 15) is 18.4 Å². The lowest BCUT2D eigenvalue weighted by molar-refractivity contribution is -0.122. The standard InChI is InChI=1S/C30H36F2N10O3/c1-4-17-11-18(5-6-19(17)28(43)38-12-16(2)13-39-29(44)21(33)14-40-30(34)35)41-26-27-37-15-22(42(27)10-9-36-26)20-7-8-23(45-3)25(32)24(20)31/h5-11,15-16,21H,4,12-14,33H2,1-3H3,(H,36,41)(H,38,43)(H,39,44)(H4,34,35,40)/t16-,21-/m1/s1. The molecule has 0 aliphatic carbocycles. The Hall–Kier alpha value is -5.31. The number of halogens is 2. The van der Waals surface area contributed by atoms with Crippen LogP contribution in [-0.2, 0) is 11.2 Å². The third kappa shape index (κ3) is 7.62. The molecule has 2 amide bonds. The van der Waals surface area contributed by atoms with Crippen molar-refractivity contribution in [3.05, 3.63) is 71.7 Å². The number of hydrogen-bond acceptors (Lipinski definition) is 8. The number of nitrogens with one attached hydrogen (secondary N) is 3. The molecule has 9 N–H and O–H groups in total. The van der Waals surface area contributed by atoms with Crippen LogP contribution in [0.15, 0.2) is 53.9 Å². The van der Waals surface area contributed by atoms with E-state index < -0.39 is 23.6 Å². The Balaban J connectivity index is 1.42. The molecule has 0 saturated carbocycles. The number of fused-ring (bicyclic) bond motifs is 1. The molecule has 0 aliphatic heterocycles. The smallest absolute Gasteiger partial charge is 0.251 e. The summed E-state index contributed by atoms with van der Waals surface area (Å²) in [5.41, 5.74) is 19.0. The lowest BCUT2D eigenvalue weighted by Gasteiger charge is -2.17. The van der Waals surface area contributed by atoms with E-state index in [1.54, 1.807) is 22.7 Å². The second-order valence-corrected chi connectivity index (χ2v) is 10.3. The van der Waals surface area contributed by atoms with Crippen molar-refractivity contribution in [2.24, 2.45) is 28.1 Å². The van der Waals surface area contributed by atoms with Crippen LogP contribution in [-0.4, -0.2) is 64.9 Å². The Morgan fingerprint density at radius 2 is 1.84 bits per heavy atom. The minimum absolute atomic E-state index is 0.0182. The van der Waals surface area contributed by atoms with Crippen LogP contribution >= 0.6 is 0 Å². The van der Waals surface area contributed by atoms with E-state index >= 15 is 0 Å². The average molecular weight is 623 g/mol. The molecule has 0 spiro atoms. The lowest BCUT2D eigenvalue weighted by atomic mass is 10.0. The number of amides is 2. The van der Waals surface area contributed by atoms with Crippen molar-refractivity contribution in [2.45, 2.75) is 26.3 Å². The largest absolute Gasteiger partial charge is 0.494 e. The number of aromatic nitrogens is 3. The highest BCUT2D eigenvalue weighted by molar-refractivity contribution is 5.96. The van der Waals surface area contributed by atoms with Crippen LogP contribution < -0.4 is 37.9 Å². The normalized spacial score (nSPS) is 12.3. The van der Waals surface area contributed by atoms with E-state index in [4.69, 9.17) is 21.9 Å². The number of nitrogens with zero attached hydrogens (tertiary/aromatic N) is 4. The molecule has 0 unspecified atom stereocenters. The number of hydrogen-bond donors (Lipinski definition) is 6. The van der Waals surface area contributed by atoms with Crippen LogP contribution in [0.3, 0.4) is 0 Å². The Morgan fingerprint density at radius 1 is 1.09 bits per heavy atom. The zero-order valence-corrected chi connectivity index (χ0v) is 25.1. The summed E-state index contributed by atoms with van der Waals surface area (Å²) in [7, 11) is 1.27. The van der Waals surface area contributed by atoms with E-state index in [1.807, 2.05) is 19.9 Å². The zero-order valence-electron chi connectivity index (χ0n) is 25.1. The number of methoxy groups -OCH3 is 1. The number of aliphatic imine (C=N–C) groups is 1. The molecule has 0 fully saturated rings. The molecule has 0 radical (unpaired) electrons. The summed E-state index contributed by atoms with van der Waals surface area (Å²) < 4.78 is 35.7. The number of guanidine groups is 1. The first-order valence-electron chi connectivity index (χ1n) is 14.1. The van der Waals surface area contributed by atoms with Gasteiger partial charge in [0.15, 0.2) is 29.0 Å².